The fourth-order valence-electron chi connectivity index (χ4n) is 3.08. The first-order valence-corrected chi connectivity index (χ1v) is 8.14. The second kappa shape index (κ2) is 6.46. The van der Waals surface area contributed by atoms with E-state index in [4.69, 9.17) is 0 Å². The number of hydrogen-bond donors (Lipinski definition) is 1. The van der Waals surface area contributed by atoms with E-state index < -0.39 is 0 Å². The highest BCUT2D eigenvalue weighted by Crippen LogP contribution is 2.31. The van der Waals surface area contributed by atoms with Crippen LogP contribution in [0.3, 0.4) is 0 Å². The first-order valence-electron chi connectivity index (χ1n) is 7.33. The van der Waals surface area contributed by atoms with Gasteiger partial charge in [0.05, 0.1) is 4.88 Å². The predicted octanol–water partition coefficient (Wildman–Crippen LogP) is 2.87. The summed E-state index contributed by atoms with van der Waals surface area (Å²) in [6.07, 6.45) is 4.88. The summed E-state index contributed by atoms with van der Waals surface area (Å²) in [4.78, 5) is 17.1. The lowest BCUT2D eigenvalue weighted by atomic mass is 9.99. The number of fused-ring (bicyclic) bond motifs is 1. The molecule has 1 fully saturated rings. The highest BCUT2D eigenvalue weighted by Gasteiger charge is 2.30. The van der Waals surface area contributed by atoms with E-state index in [1.807, 2.05) is 4.90 Å². The van der Waals surface area contributed by atoms with Gasteiger partial charge in [0, 0.05) is 30.1 Å². The van der Waals surface area contributed by atoms with Gasteiger partial charge in [-0.2, -0.15) is 0 Å². The van der Waals surface area contributed by atoms with E-state index in [0.29, 0.717) is 6.04 Å². The quantitative estimate of drug-likeness (QED) is 0.864. The third-order valence-corrected chi connectivity index (χ3v) is 5.73. The molecule has 2 aliphatic rings. The standard InChI is InChI=1S/C15H22N2OS.ClH/c1-10-11(2)17(8-7-16-10)15(18)14-9-12-5-3-4-6-13(12)19-14;/h9-11,16H,3-8H2,1-2H3;1H. The normalized spacial score (nSPS) is 25.8. The zero-order chi connectivity index (χ0) is 13.4. The second-order valence-corrected chi connectivity index (χ2v) is 6.88. The molecule has 0 aromatic carbocycles. The Kier molecular flexibility index (Phi) is 5.10. The van der Waals surface area contributed by atoms with E-state index in [9.17, 15) is 4.79 Å². The molecule has 1 amide bonds. The Morgan fingerprint density at radius 2 is 2.10 bits per heavy atom. The van der Waals surface area contributed by atoms with Crippen molar-refractivity contribution in [2.75, 3.05) is 13.1 Å². The van der Waals surface area contributed by atoms with Crippen molar-refractivity contribution in [3.8, 4) is 0 Å². The van der Waals surface area contributed by atoms with Crippen LogP contribution in [0.25, 0.3) is 0 Å². The van der Waals surface area contributed by atoms with Gasteiger partial charge in [0.1, 0.15) is 0 Å². The Labute approximate surface area is 131 Å². The van der Waals surface area contributed by atoms with Crippen LogP contribution in [0.5, 0.6) is 0 Å². The average Bonchev–Trinajstić information content (AvgIpc) is 2.85. The molecule has 1 saturated heterocycles. The van der Waals surface area contributed by atoms with Crippen molar-refractivity contribution in [1.82, 2.24) is 10.2 Å². The lowest BCUT2D eigenvalue weighted by Crippen LogP contribution is -2.57. The molecule has 1 aliphatic heterocycles. The smallest absolute Gasteiger partial charge is 0.264 e. The number of carbonyl (C=O) groups excluding carboxylic acids is 1. The molecular formula is C15H23ClN2OS. The molecule has 1 N–H and O–H groups in total. The van der Waals surface area contributed by atoms with Crippen molar-refractivity contribution in [3.63, 3.8) is 0 Å². The minimum Gasteiger partial charge on any atom is -0.332 e. The summed E-state index contributed by atoms with van der Waals surface area (Å²) in [5.74, 6) is 0.236. The molecule has 2 heterocycles. The third kappa shape index (κ3) is 2.87. The molecule has 0 radical (unpaired) electrons. The van der Waals surface area contributed by atoms with Crippen molar-refractivity contribution in [1.29, 1.82) is 0 Å². The summed E-state index contributed by atoms with van der Waals surface area (Å²) in [6, 6.07) is 2.81. The van der Waals surface area contributed by atoms with Crippen molar-refractivity contribution in [3.05, 3.63) is 21.4 Å². The number of thiophene rings is 1. The predicted molar refractivity (Wildman–Crippen MR) is 86.2 cm³/mol. The molecule has 112 valence electrons. The third-order valence-electron chi connectivity index (χ3n) is 4.50. The summed E-state index contributed by atoms with van der Waals surface area (Å²) in [5.41, 5.74) is 1.43. The monoisotopic (exact) mass is 314 g/mol. The number of hydrogen-bond acceptors (Lipinski definition) is 3. The summed E-state index contributed by atoms with van der Waals surface area (Å²) < 4.78 is 0. The van der Waals surface area contributed by atoms with Gasteiger partial charge in [-0.1, -0.05) is 0 Å². The molecule has 2 unspecified atom stereocenters. The molecule has 1 aromatic rings. The fourth-order valence-corrected chi connectivity index (χ4v) is 4.29. The van der Waals surface area contributed by atoms with E-state index >= 15 is 0 Å². The summed E-state index contributed by atoms with van der Waals surface area (Å²) >= 11 is 1.73. The summed E-state index contributed by atoms with van der Waals surface area (Å²) in [6.45, 7) is 6.03. The zero-order valence-corrected chi connectivity index (χ0v) is 13.8. The molecule has 5 heteroatoms. The lowest BCUT2D eigenvalue weighted by Gasteiger charge is -2.38. The van der Waals surface area contributed by atoms with Gasteiger partial charge in [-0.15, -0.1) is 23.7 Å². The van der Waals surface area contributed by atoms with E-state index in [0.717, 1.165) is 24.4 Å². The van der Waals surface area contributed by atoms with Gasteiger partial charge in [-0.25, -0.2) is 0 Å². The Balaban J connectivity index is 0.00000147. The van der Waals surface area contributed by atoms with Crippen LogP contribution >= 0.6 is 23.7 Å². The van der Waals surface area contributed by atoms with Crippen molar-refractivity contribution in [2.45, 2.75) is 51.6 Å². The molecule has 3 nitrogen and oxygen atoms in total. The van der Waals surface area contributed by atoms with Gasteiger partial charge >= 0.3 is 0 Å². The van der Waals surface area contributed by atoms with Crippen molar-refractivity contribution in [2.24, 2.45) is 0 Å². The Morgan fingerprint density at radius 1 is 1.35 bits per heavy atom. The van der Waals surface area contributed by atoms with Crippen molar-refractivity contribution >= 4 is 29.7 Å². The Hall–Kier alpha value is -0.580. The van der Waals surface area contributed by atoms with E-state index in [2.05, 4.69) is 25.2 Å². The van der Waals surface area contributed by atoms with Crippen LogP contribution in [0.4, 0.5) is 0 Å². The first kappa shape index (κ1) is 15.8. The maximum Gasteiger partial charge on any atom is 0.264 e. The van der Waals surface area contributed by atoms with E-state index in [1.54, 1.807) is 11.3 Å². The Bertz CT molecular complexity index is 465. The number of nitrogens with one attached hydrogen (secondary N) is 1. The molecule has 0 saturated carbocycles. The number of amides is 1. The number of nitrogens with zero attached hydrogens (tertiary/aromatic N) is 1. The van der Waals surface area contributed by atoms with Crippen LogP contribution < -0.4 is 5.32 Å². The van der Waals surface area contributed by atoms with Gasteiger partial charge in [-0.3, -0.25) is 4.79 Å². The van der Waals surface area contributed by atoms with Gasteiger partial charge in [0.15, 0.2) is 0 Å². The second-order valence-electron chi connectivity index (χ2n) is 5.75. The Morgan fingerprint density at radius 3 is 2.85 bits per heavy atom. The summed E-state index contributed by atoms with van der Waals surface area (Å²) in [7, 11) is 0. The van der Waals surface area contributed by atoms with E-state index in [-0.39, 0.29) is 24.4 Å². The number of piperazine rings is 1. The largest absolute Gasteiger partial charge is 0.332 e. The number of carbonyl (C=O) groups is 1. The van der Waals surface area contributed by atoms with Crippen LogP contribution in [0.1, 0.15) is 46.8 Å². The van der Waals surface area contributed by atoms with Gasteiger partial charge < -0.3 is 10.2 Å². The average molecular weight is 315 g/mol. The highest BCUT2D eigenvalue weighted by molar-refractivity contribution is 7.14. The van der Waals surface area contributed by atoms with Crippen LogP contribution in [0.2, 0.25) is 0 Å². The molecule has 0 bridgehead atoms. The summed E-state index contributed by atoms with van der Waals surface area (Å²) in [5, 5.41) is 3.43. The zero-order valence-electron chi connectivity index (χ0n) is 12.1. The van der Waals surface area contributed by atoms with Gasteiger partial charge in [-0.05, 0) is 51.2 Å². The fraction of sp³-hybridized carbons (Fsp3) is 0.667. The van der Waals surface area contributed by atoms with Gasteiger partial charge in [0.2, 0.25) is 0 Å². The minimum atomic E-state index is 0. The lowest BCUT2D eigenvalue weighted by molar-refractivity contribution is 0.0608. The molecule has 20 heavy (non-hydrogen) atoms. The highest BCUT2D eigenvalue weighted by atomic mass is 35.5. The van der Waals surface area contributed by atoms with Gasteiger partial charge in [0.25, 0.3) is 5.91 Å². The first-order chi connectivity index (χ1) is 9.16. The molecule has 2 atom stereocenters. The van der Waals surface area contributed by atoms with Crippen LogP contribution in [0, 0.1) is 0 Å². The van der Waals surface area contributed by atoms with Crippen LogP contribution in [0.15, 0.2) is 6.07 Å². The number of halogens is 1. The molecule has 1 aromatic heterocycles. The van der Waals surface area contributed by atoms with Crippen molar-refractivity contribution < 1.29 is 4.79 Å². The molecule has 0 spiro atoms. The van der Waals surface area contributed by atoms with Crippen LogP contribution in [-0.2, 0) is 12.8 Å². The topological polar surface area (TPSA) is 32.3 Å². The number of aryl methyl sites for hydroxylation is 2. The maximum absolute atomic E-state index is 12.7. The number of rotatable bonds is 1. The minimum absolute atomic E-state index is 0. The van der Waals surface area contributed by atoms with E-state index in [1.165, 1.54) is 29.7 Å². The molecule has 1 aliphatic carbocycles. The maximum atomic E-state index is 12.7. The molecule has 3 rings (SSSR count). The SMILES string of the molecule is CC1NCCN(C(=O)c2cc3c(s2)CCCC3)C1C.Cl. The van der Waals surface area contributed by atoms with Crippen LogP contribution in [-0.4, -0.2) is 36.0 Å². The molecular weight excluding hydrogens is 292 g/mol.